The summed E-state index contributed by atoms with van der Waals surface area (Å²) in [5, 5.41) is 30.8. The number of carbonyl (C=O) groups excluding carboxylic acids is 1. The minimum Gasteiger partial charge on any atom is -0.491 e. The van der Waals surface area contributed by atoms with Crippen molar-refractivity contribution in [2.24, 2.45) is 11.8 Å². The molecule has 5 atom stereocenters. The van der Waals surface area contributed by atoms with Crippen molar-refractivity contribution < 1.29 is 29.6 Å². The fraction of sp³-hybridized carbons (Fsp3) is 0.560. The van der Waals surface area contributed by atoms with Gasteiger partial charge in [0.2, 0.25) is 0 Å². The van der Waals surface area contributed by atoms with Gasteiger partial charge in [-0.1, -0.05) is 42.5 Å². The number of carbonyl (C=O) groups is 1. The minimum atomic E-state index is -0.799. The van der Waals surface area contributed by atoms with Crippen LogP contribution in [0.2, 0.25) is 0 Å². The van der Waals surface area contributed by atoms with Crippen molar-refractivity contribution in [1.82, 2.24) is 0 Å². The monoisotopic (exact) mass is 432 g/mol. The molecule has 0 aliphatic heterocycles. The van der Waals surface area contributed by atoms with Gasteiger partial charge in [0.15, 0.2) is 0 Å². The van der Waals surface area contributed by atoms with Crippen LogP contribution in [-0.4, -0.2) is 52.3 Å². The van der Waals surface area contributed by atoms with Crippen LogP contribution in [0.25, 0.3) is 0 Å². The van der Waals surface area contributed by atoms with Crippen LogP contribution in [0.5, 0.6) is 5.75 Å². The first-order valence-electron chi connectivity index (χ1n) is 11.1. The summed E-state index contributed by atoms with van der Waals surface area (Å²) >= 11 is 0. The molecule has 1 aromatic rings. The number of ether oxygens (including phenoxy) is 2. The van der Waals surface area contributed by atoms with Gasteiger partial charge in [-0.25, -0.2) is 0 Å². The molecule has 0 aromatic heterocycles. The Kier molecular flexibility index (Phi) is 10.8. The van der Waals surface area contributed by atoms with Gasteiger partial charge in [0, 0.05) is 18.8 Å². The Hall–Kier alpha value is -2.15. The second kappa shape index (κ2) is 13.3. The molecule has 1 aliphatic rings. The van der Waals surface area contributed by atoms with E-state index in [4.69, 9.17) is 9.47 Å². The highest BCUT2D eigenvalue weighted by molar-refractivity contribution is 5.69. The number of hydrogen-bond acceptors (Lipinski definition) is 6. The lowest BCUT2D eigenvalue weighted by Crippen LogP contribution is -2.21. The predicted octanol–water partition coefficient (Wildman–Crippen LogP) is 3.41. The van der Waals surface area contributed by atoms with Gasteiger partial charge in [0.1, 0.15) is 18.5 Å². The van der Waals surface area contributed by atoms with Crippen LogP contribution in [-0.2, 0) is 9.53 Å². The number of hydrogen-bond donors (Lipinski definition) is 3. The van der Waals surface area contributed by atoms with Crippen molar-refractivity contribution in [3.8, 4) is 5.75 Å². The van der Waals surface area contributed by atoms with E-state index in [-0.39, 0.29) is 30.5 Å². The zero-order valence-corrected chi connectivity index (χ0v) is 18.5. The van der Waals surface area contributed by atoms with E-state index in [1.165, 1.54) is 0 Å². The largest absolute Gasteiger partial charge is 0.491 e. The normalized spacial score (nSPS) is 24.8. The first kappa shape index (κ1) is 25.1. The number of unbranched alkanes of at least 4 members (excludes halogenated alkanes) is 1. The summed E-state index contributed by atoms with van der Waals surface area (Å²) in [6.07, 6.45) is 8.12. The van der Waals surface area contributed by atoms with E-state index >= 15 is 0 Å². The SMILES string of the molecule is CC(C)OC(=O)CCC/C=C/CC1C(O)CC(O)C1/C=C/C(O)COc1ccccc1. The molecule has 0 saturated heterocycles. The molecule has 0 radical (unpaired) electrons. The van der Waals surface area contributed by atoms with Gasteiger partial charge in [-0.2, -0.15) is 0 Å². The van der Waals surface area contributed by atoms with Crippen molar-refractivity contribution in [1.29, 1.82) is 0 Å². The van der Waals surface area contributed by atoms with Gasteiger partial charge in [0.05, 0.1) is 18.3 Å². The van der Waals surface area contributed by atoms with Crippen molar-refractivity contribution in [2.75, 3.05) is 6.61 Å². The number of rotatable bonds is 12. The first-order chi connectivity index (χ1) is 14.9. The Morgan fingerprint density at radius 3 is 2.61 bits per heavy atom. The van der Waals surface area contributed by atoms with Crippen molar-refractivity contribution in [3.63, 3.8) is 0 Å². The number of aliphatic hydroxyl groups is 3. The van der Waals surface area contributed by atoms with Crippen LogP contribution in [0, 0.1) is 11.8 Å². The number of allylic oxidation sites excluding steroid dienone is 2. The first-order valence-corrected chi connectivity index (χ1v) is 11.1. The summed E-state index contributed by atoms with van der Waals surface area (Å²) in [6, 6.07) is 9.27. The van der Waals surface area contributed by atoms with E-state index in [9.17, 15) is 20.1 Å². The molecule has 1 aromatic carbocycles. The quantitative estimate of drug-likeness (QED) is 0.266. The molecule has 5 unspecified atom stereocenters. The molecule has 1 fully saturated rings. The molecule has 0 spiro atoms. The van der Waals surface area contributed by atoms with E-state index in [0.29, 0.717) is 25.0 Å². The third-order valence-electron chi connectivity index (χ3n) is 5.33. The summed E-state index contributed by atoms with van der Waals surface area (Å²) in [5.41, 5.74) is 0. The summed E-state index contributed by atoms with van der Waals surface area (Å²) in [6.45, 7) is 3.79. The number of esters is 1. The van der Waals surface area contributed by atoms with E-state index in [1.54, 1.807) is 12.2 Å². The van der Waals surface area contributed by atoms with Crippen LogP contribution in [0.4, 0.5) is 0 Å². The maximum Gasteiger partial charge on any atom is 0.306 e. The molecule has 172 valence electrons. The van der Waals surface area contributed by atoms with Crippen LogP contribution < -0.4 is 4.74 Å². The van der Waals surface area contributed by atoms with Crippen LogP contribution in [0.1, 0.15) is 46.0 Å². The second-order valence-electron chi connectivity index (χ2n) is 8.33. The summed E-state index contributed by atoms with van der Waals surface area (Å²) in [5.74, 6) is 0.159. The van der Waals surface area contributed by atoms with E-state index in [2.05, 4.69) is 0 Å². The maximum absolute atomic E-state index is 11.5. The van der Waals surface area contributed by atoms with Gasteiger partial charge < -0.3 is 24.8 Å². The van der Waals surface area contributed by atoms with Crippen molar-refractivity contribution >= 4 is 5.97 Å². The molecule has 0 amide bonds. The highest BCUT2D eigenvalue weighted by Gasteiger charge is 2.39. The molecular weight excluding hydrogens is 396 g/mol. The lowest BCUT2D eigenvalue weighted by molar-refractivity contribution is -0.147. The average molecular weight is 433 g/mol. The van der Waals surface area contributed by atoms with Gasteiger partial charge in [-0.3, -0.25) is 4.79 Å². The Morgan fingerprint density at radius 1 is 1.16 bits per heavy atom. The van der Waals surface area contributed by atoms with E-state index in [1.807, 2.05) is 56.3 Å². The summed E-state index contributed by atoms with van der Waals surface area (Å²) < 4.78 is 10.6. The zero-order chi connectivity index (χ0) is 22.6. The van der Waals surface area contributed by atoms with E-state index < -0.39 is 18.3 Å². The number of aliphatic hydroxyl groups excluding tert-OH is 3. The van der Waals surface area contributed by atoms with Gasteiger partial charge in [-0.15, -0.1) is 0 Å². The fourth-order valence-corrected chi connectivity index (χ4v) is 3.77. The molecular formula is C25H36O6. The maximum atomic E-state index is 11.5. The molecule has 1 saturated carbocycles. The van der Waals surface area contributed by atoms with Gasteiger partial charge >= 0.3 is 5.97 Å². The van der Waals surface area contributed by atoms with Crippen LogP contribution >= 0.6 is 0 Å². The van der Waals surface area contributed by atoms with Gasteiger partial charge in [0.25, 0.3) is 0 Å². The summed E-state index contributed by atoms with van der Waals surface area (Å²) in [4.78, 5) is 11.5. The van der Waals surface area contributed by atoms with Crippen molar-refractivity contribution in [3.05, 3.63) is 54.6 Å². The minimum absolute atomic E-state index is 0.0910. The Bertz CT molecular complexity index is 699. The molecule has 2 rings (SSSR count). The Labute approximate surface area is 185 Å². The Morgan fingerprint density at radius 2 is 1.90 bits per heavy atom. The second-order valence-corrected chi connectivity index (χ2v) is 8.33. The third kappa shape index (κ3) is 9.25. The van der Waals surface area contributed by atoms with Crippen LogP contribution in [0.3, 0.4) is 0 Å². The molecule has 0 heterocycles. The smallest absolute Gasteiger partial charge is 0.306 e. The standard InChI is InChI=1S/C25H36O6/c1-18(2)31-25(29)13-9-4-3-8-12-21-22(24(28)16-23(21)27)15-14-19(26)17-30-20-10-6-5-7-11-20/h3,5-8,10-11,14-15,18-19,21-24,26-28H,4,9,12-13,16-17H2,1-2H3/b8-3+,15-14+. The van der Waals surface area contributed by atoms with E-state index in [0.717, 1.165) is 12.8 Å². The molecule has 3 N–H and O–H groups in total. The van der Waals surface area contributed by atoms with Crippen LogP contribution in [0.15, 0.2) is 54.6 Å². The lowest BCUT2D eigenvalue weighted by Gasteiger charge is -2.19. The highest BCUT2D eigenvalue weighted by atomic mass is 16.5. The summed E-state index contributed by atoms with van der Waals surface area (Å²) in [7, 11) is 0. The van der Waals surface area contributed by atoms with Crippen molar-refractivity contribution in [2.45, 2.75) is 70.4 Å². The number of para-hydroxylation sites is 1. The fourth-order valence-electron chi connectivity index (χ4n) is 3.77. The molecule has 1 aliphatic carbocycles. The third-order valence-corrected chi connectivity index (χ3v) is 5.33. The Balaban J connectivity index is 1.77. The molecule has 6 nitrogen and oxygen atoms in total. The molecule has 6 heteroatoms. The zero-order valence-electron chi connectivity index (χ0n) is 18.5. The lowest BCUT2D eigenvalue weighted by atomic mass is 9.89. The predicted molar refractivity (Wildman–Crippen MR) is 120 cm³/mol. The number of benzene rings is 1. The topological polar surface area (TPSA) is 96.2 Å². The molecule has 31 heavy (non-hydrogen) atoms. The molecule has 0 bridgehead atoms. The highest BCUT2D eigenvalue weighted by Crippen LogP contribution is 2.36. The van der Waals surface area contributed by atoms with Gasteiger partial charge in [-0.05, 0) is 51.2 Å². The average Bonchev–Trinajstić information content (AvgIpc) is 3.00.